The molecule has 0 bridgehead atoms. The molecule has 64 valence electrons. The molecule has 0 amide bonds. The molecule has 2 rings (SSSR count). The van der Waals surface area contributed by atoms with Crippen LogP contribution >= 0.6 is 0 Å². The van der Waals surface area contributed by atoms with Gasteiger partial charge in [0.2, 0.25) is 0 Å². The van der Waals surface area contributed by atoms with Crippen molar-refractivity contribution in [2.45, 2.75) is 38.1 Å². The predicted molar refractivity (Wildman–Crippen MR) is 46.4 cm³/mol. The van der Waals surface area contributed by atoms with Crippen molar-refractivity contribution in [1.29, 1.82) is 0 Å². The normalized spacial score (nSPS) is 36.3. The first-order valence-electron chi connectivity index (χ1n) is 4.80. The molecule has 3 N–H and O–H groups in total. The van der Waals surface area contributed by atoms with Gasteiger partial charge in [-0.15, -0.1) is 0 Å². The lowest BCUT2D eigenvalue weighted by Gasteiger charge is -2.37. The maximum atomic E-state index is 6.12. The average molecular weight is 154 g/mol. The van der Waals surface area contributed by atoms with Gasteiger partial charge in [0, 0.05) is 6.04 Å². The van der Waals surface area contributed by atoms with Gasteiger partial charge in [-0.25, -0.2) is 0 Å². The van der Waals surface area contributed by atoms with Crippen LogP contribution in [0.5, 0.6) is 0 Å². The van der Waals surface area contributed by atoms with Gasteiger partial charge in [-0.3, -0.25) is 0 Å². The lowest BCUT2D eigenvalue weighted by atomic mass is 9.75. The summed E-state index contributed by atoms with van der Waals surface area (Å²) in [7, 11) is 0. The van der Waals surface area contributed by atoms with E-state index in [2.05, 4.69) is 5.32 Å². The Morgan fingerprint density at radius 2 is 1.91 bits per heavy atom. The van der Waals surface area contributed by atoms with E-state index in [-0.39, 0.29) is 0 Å². The van der Waals surface area contributed by atoms with Crippen LogP contribution in [0.3, 0.4) is 0 Å². The van der Waals surface area contributed by atoms with Crippen molar-refractivity contribution >= 4 is 0 Å². The summed E-state index contributed by atoms with van der Waals surface area (Å²) in [6.45, 7) is 2.38. The Morgan fingerprint density at radius 3 is 2.45 bits per heavy atom. The van der Waals surface area contributed by atoms with Crippen LogP contribution in [0.2, 0.25) is 0 Å². The van der Waals surface area contributed by atoms with Gasteiger partial charge < -0.3 is 11.1 Å². The van der Waals surface area contributed by atoms with Crippen LogP contribution in [-0.4, -0.2) is 19.1 Å². The van der Waals surface area contributed by atoms with Crippen LogP contribution in [0.25, 0.3) is 0 Å². The third-order valence-corrected chi connectivity index (χ3v) is 3.58. The third kappa shape index (κ3) is 1.18. The van der Waals surface area contributed by atoms with Crippen LogP contribution in [0.1, 0.15) is 32.1 Å². The summed E-state index contributed by atoms with van der Waals surface area (Å²) < 4.78 is 0. The largest absolute Gasteiger partial charge is 0.327 e. The van der Waals surface area contributed by atoms with E-state index in [1.807, 2.05) is 0 Å². The van der Waals surface area contributed by atoms with Crippen LogP contribution < -0.4 is 11.1 Å². The molecule has 1 aliphatic heterocycles. The monoisotopic (exact) mass is 154 g/mol. The molecule has 0 aromatic rings. The van der Waals surface area contributed by atoms with Gasteiger partial charge in [-0.05, 0) is 44.2 Å². The summed E-state index contributed by atoms with van der Waals surface area (Å²) in [5, 5.41) is 3.40. The number of nitrogens with two attached hydrogens (primary N) is 1. The number of hydrogen-bond acceptors (Lipinski definition) is 2. The minimum atomic E-state index is 0.504. The molecule has 2 aliphatic rings. The molecule has 0 radical (unpaired) electrons. The molecular formula is C9H18N2. The maximum Gasteiger partial charge on any atom is 0.00965 e. The van der Waals surface area contributed by atoms with Crippen molar-refractivity contribution in [2.75, 3.05) is 13.1 Å². The average Bonchev–Trinajstić information content (AvgIpc) is 2.36. The molecule has 1 spiro atoms. The summed E-state index contributed by atoms with van der Waals surface area (Å²) >= 11 is 0. The van der Waals surface area contributed by atoms with Gasteiger partial charge in [-0.2, -0.15) is 0 Å². The standard InChI is InChI=1S/C9H18N2/c10-8-2-1-3-9(8)4-6-11-7-5-9/h8,11H,1-7,10H2/t8-/m0/s1. The van der Waals surface area contributed by atoms with E-state index in [0.29, 0.717) is 11.5 Å². The molecule has 1 saturated carbocycles. The topological polar surface area (TPSA) is 38.0 Å². The highest BCUT2D eigenvalue weighted by molar-refractivity contribution is 4.97. The highest BCUT2D eigenvalue weighted by Gasteiger charge is 2.40. The Kier molecular flexibility index (Phi) is 1.90. The predicted octanol–water partition coefficient (Wildman–Crippen LogP) is 0.867. The number of rotatable bonds is 0. The zero-order valence-electron chi connectivity index (χ0n) is 7.10. The molecule has 1 saturated heterocycles. The van der Waals surface area contributed by atoms with Gasteiger partial charge in [0.15, 0.2) is 0 Å². The van der Waals surface area contributed by atoms with Crippen LogP contribution in [0.15, 0.2) is 0 Å². The fourth-order valence-corrected chi connectivity index (χ4v) is 2.71. The van der Waals surface area contributed by atoms with E-state index in [1.165, 1.54) is 45.2 Å². The van der Waals surface area contributed by atoms with Crippen molar-refractivity contribution in [3.63, 3.8) is 0 Å². The van der Waals surface area contributed by atoms with Crippen molar-refractivity contribution < 1.29 is 0 Å². The molecule has 1 atom stereocenters. The van der Waals surface area contributed by atoms with Crippen LogP contribution in [0.4, 0.5) is 0 Å². The van der Waals surface area contributed by atoms with Crippen molar-refractivity contribution in [1.82, 2.24) is 5.32 Å². The van der Waals surface area contributed by atoms with Crippen molar-refractivity contribution in [3.05, 3.63) is 0 Å². The van der Waals surface area contributed by atoms with Gasteiger partial charge in [0.1, 0.15) is 0 Å². The number of piperidine rings is 1. The summed E-state index contributed by atoms with van der Waals surface area (Å²) in [5.41, 5.74) is 6.66. The molecule has 0 unspecified atom stereocenters. The molecule has 2 heteroatoms. The second-order valence-corrected chi connectivity index (χ2v) is 4.11. The van der Waals surface area contributed by atoms with Gasteiger partial charge >= 0.3 is 0 Å². The zero-order chi connectivity index (χ0) is 7.73. The minimum Gasteiger partial charge on any atom is -0.327 e. The molecular weight excluding hydrogens is 136 g/mol. The third-order valence-electron chi connectivity index (χ3n) is 3.58. The molecule has 1 aliphatic carbocycles. The second-order valence-electron chi connectivity index (χ2n) is 4.11. The Balaban J connectivity index is 2.06. The van der Waals surface area contributed by atoms with Crippen LogP contribution in [0, 0.1) is 5.41 Å². The van der Waals surface area contributed by atoms with E-state index >= 15 is 0 Å². The molecule has 2 fully saturated rings. The van der Waals surface area contributed by atoms with E-state index in [9.17, 15) is 0 Å². The molecule has 11 heavy (non-hydrogen) atoms. The first-order valence-corrected chi connectivity index (χ1v) is 4.80. The first kappa shape index (κ1) is 7.56. The Labute approximate surface area is 68.5 Å². The lowest BCUT2D eigenvalue weighted by molar-refractivity contribution is 0.183. The molecule has 2 nitrogen and oxygen atoms in total. The Morgan fingerprint density at radius 1 is 1.18 bits per heavy atom. The van der Waals surface area contributed by atoms with E-state index in [0.717, 1.165) is 0 Å². The summed E-state index contributed by atoms with van der Waals surface area (Å²) in [4.78, 5) is 0. The summed E-state index contributed by atoms with van der Waals surface area (Å²) in [5.74, 6) is 0. The number of hydrogen-bond donors (Lipinski definition) is 2. The van der Waals surface area contributed by atoms with Gasteiger partial charge in [0.05, 0.1) is 0 Å². The highest BCUT2D eigenvalue weighted by atomic mass is 14.9. The first-order chi connectivity index (χ1) is 5.33. The second kappa shape index (κ2) is 2.76. The summed E-state index contributed by atoms with van der Waals surface area (Å²) in [6.07, 6.45) is 6.64. The zero-order valence-corrected chi connectivity index (χ0v) is 7.10. The molecule has 0 aromatic heterocycles. The van der Waals surface area contributed by atoms with Gasteiger partial charge in [-0.1, -0.05) is 6.42 Å². The fraction of sp³-hybridized carbons (Fsp3) is 1.00. The lowest BCUT2D eigenvalue weighted by Crippen LogP contribution is -2.45. The van der Waals surface area contributed by atoms with E-state index < -0.39 is 0 Å². The van der Waals surface area contributed by atoms with E-state index in [4.69, 9.17) is 5.73 Å². The van der Waals surface area contributed by atoms with Crippen LogP contribution in [-0.2, 0) is 0 Å². The Bertz CT molecular complexity index is 138. The fourth-order valence-electron chi connectivity index (χ4n) is 2.71. The van der Waals surface area contributed by atoms with Crippen molar-refractivity contribution in [3.8, 4) is 0 Å². The minimum absolute atomic E-state index is 0.504. The smallest absolute Gasteiger partial charge is 0.00965 e. The molecule has 1 heterocycles. The molecule has 0 aromatic carbocycles. The summed E-state index contributed by atoms with van der Waals surface area (Å²) in [6, 6.07) is 0.504. The number of nitrogens with one attached hydrogen (secondary N) is 1. The van der Waals surface area contributed by atoms with Gasteiger partial charge in [0.25, 0.3) is 0 Å². The quantitative estimate of drug-likeness (QED) is 0.543. The van der Waals surface area contributed by atoms with E-state index in [1.54, 1.807) is 0 Å². The maximum absolute atomic E-state index is 6.12. The highest BCUT2D eigenvalue weighted by Crippen LogP contribution is 2.43. The Hall–Kier alpha value is -0.0800. The SMILES string of the molecule is N[C@H]1CCCC12CCNCC2. The van der Waals surface area contributed by atoms with Crippen molar-refractivity contribution in [2.24, 2.45) is 11.1 Å².